The van der Waals surface area contributed by atoms with E-state index < -0.39 is 18.2 Å². The minimum Gasteiger partial charge on any atom is -0.479 e. The van der Waals surface area contributed by atoms with E-state index in [-0.39, 0.29) is 11.9 Å². The Hall–Kier alpha value is -1.82. The van der Waals surface area contributed by atoms with E-state index in [2.05, 4.69) is 0 Å². The molecule has 3 heterocycles. The van der Waals surface area contributed by atoms with Crippen LogP contribution < -0.4 is 0 Å². The van der Waals surface area contributed by atoms with Crippen molar-refractivity contribution in [3.63, 3.8) is 0 Å². The predicted octanol–water partition coefficient (Wildman–Crippen LogP) is 1.88. The third-order valence-corrected chi connectivity index (χ3v) is 4.20. The molecule has 2 aliphatic rings. The summed E-state index contributed by atoms with van der Waals surface area (Å²) in [7, 11) is 0. The quantitative estimate of drug-likeness (QED) is 0.920. The first-order valence-electron chi connectivity index (χ1n) is 7.31. The van der Waals surface area contributed by atoms with Crippen molar-refractivity contribution < 1.29 is 23.8 Å². The van der Waals surface area contributed by atoms with Crippen molar-refractivity contribution in [1.29, 1.82) is 0 Å². The molecule has 3 atom stereocenters. The smallest absolute Gasteiger partial charge is 0.332 e. The third-order valence-electron chi connectivity index (χ3n) is 4.20. The number of aliphatic carboxylic acids is 1. The number of ether oxygens (including phenoxy) is 1. The van der Waals surface area contributed by atoms with Crippen LogP contribution in [0, 0.1) is 6.92 Å². The summed E-state index contributed by atoms with van der Waals surface area (Å²) in [4.78, 5) is 25.3. The fourth-order valence-corrected chi connectivity index (χ4v) is 3.14. The summed E-state index contributed by atoms with van der Waals surface area (Å²) in [6, 6.07) is 3.74. The Morgan fingerprint density at radius 3 is 2.62 bits per heavy atom. The molecule has 0 radical (unpaired) electrons. The number of rotatable bonds is 3. The minimum atomic E-state index is -0.995. The Bertz CT molecular complexity index is 552. The normalized spacial score (nSPS) is 29.0. The fourth-order valence-electron chi connectivity index (χ4n) is 3.14. The molecular weight excluding hydrogens is 274 g/mol. The number of carboxylic acid groups (broad SMARTS) is 1. The Morgan fingerprint density at radius 1 is 1.24 bits per heavy atom. The number of carbonyl (C=O) groups excluding carboxylic acids is 1. The molecule has 2 fully saturated rings. The van der Waals surface area contributed by atoms with E-state index in [1.165, 1.54) is 0 Å². The van der Waals surface area contributed by atoms with Gasteiger partial charge in [0.2, 0.25) is 0 Å². The molecule has 0 spiro atoms. The van der Waals surface area contributed by atoms with Gasteiger partial charge in [0.15, 0.2) is 6.10 Å². The zero-order valence-corrected chi connectivity index (χ0v) is 11.9. The molecule has 2 aliphatic heterocycles. The van der Waals surface area contributed by atoms with Crippen LogP contribution in [0.4, 0.5) is 0 Å². The summed E-state index contributed by atoms with van der Waals surface area (Å²) in [5.41, 5.74) is 0. The first-order chi connectivity index (χ1) is 10.1. The molecule has 6 heteroatoms. The van der Waals surface area contributed by atoms with Gasteiger partial charge in [0.1, 0.15) is 17.6 Å². The van der Waals surface area contributed by atoms with E-state index in [0.29, 0.717) is 19.4 Å². The lowest BCUT2D eigenvalue weighted by Gasteiger charge is -2.26. The second-order valence-electron chi connectivity index (χ2n) is 5.67. The SMILES string of the molecule is Cc1ccc(C2CCCN2C(=O)[C@@H]2CC[C@H](C(=O)O)O2)o1. The fraction of sp³-hybridized carbons (Fsp3) is 0.600. The van der Waals surface area contributed by atoms with Crippen LogP contribution in [0.2, 0.25) is 0 Å². The number of hydrogen-bond acceptors (Lipinski definition) is 4. The van der Waals surface area contributed by atoms with Crippen LogP contribution in [0.15, 0.2) is 16.5 Å². The lowest BCUT2D eigenvalue weighted by atomic mass is 10.1. The van der Waals surface area contributed by atoms with Crippen molar-refractivity contribution in [3.8, 4) is 0 Å². The summed E-state index contributed by atoms with van der Waals surface area (Å²) >= 11 is 0. The highest BCUT2D eigenvalue weighted by Crippen LogP contribution is 2.35. The molecule has 3 rings (SSSR count). The Kier molecular flexibility index (Phi) is 3.71. The topological polar surface area (TPSA) is 80.0 Å². The van der Waals surface area contributed by atoms with Gasteiger partial charge >= 0.3 is 5.97 Å². The van der Waals surface area contributed by atoms with Crippen LogP contribution in [0.3, 0.4) is 0 Å². The summed E-state index contributed by atoms with van der Waals surface area (Å²) in [5.74, 6) is 0.513. The van der Waals surface area contributed by atoms with Crippen molar-refractivity contribution in [2.24, 2.45) is 0 Å². The molecular formula is C15H19NO5. The van der Waals surface area contributed by atoms with Crippen LogP contribution in [0.5, 0.6) is 0 Å². The number of likely N-dealkylation sites (tertiary alicyclic amines) is 1. The maximum atomic E-state index is 12.6. The molecule has 0 aromatic carbocycles. The van der Waals surface area contributed by atoms with Crippen LogP contribution in [0.25, 0.3) is 0 Å². The summed E-state index contributed by atoms with van der Waals surface area (Å²) < 4.78 is 11.0. The summed E-state index contributed by atoms with van der Waals surface area (Å²) in [6.45, 7) is 2.54. The van der Waals surface area contributed by atoms with Crippen LogP contribution in [0.1, 0.15) is 43.2 Å². The van der Waals surface area contributed by atoms with Crippen molar-refractivity contribution in [2.45, 2.75) is 50.9 Å². The first kappa shape index (κ1) is 14.1. The highest BCUT2D eigenvalue weighted by atomic mass is 16.5. The van der Waals surface area contributed by atoms with Gasteiger partial charge in [-0.2, -0.15) is 0 Å². The molecule has 6 nitrogen and oxygen atoms in total. The number of hydrogen-bond donors (Lipinski definition) is 1. The number of carbonyl (C=O) groups is 2. The van der Waals surface area contributed by atoms with Gasteiger partial charge in [0.05, 0.1) is 6.04 Å². The van der Waals surface area contributed by atoms with E-state index in [4.69, 9.17) is 14.3 Å². The average molecular weight is 293 g/mol. The minimum absolute atomic E-state index is 0.0568. The van der Waals surface area contributed by atoms with Crippen LogP contribution in [-0.4, -0.2) is 40.6 Å². The Morgan fingerprint density at radius 2 is 2.00 bits per heavy atom. The molecule has 114 valence electrons. The van der Waals surface area contributed by atoms with Gasteiger partial charge in [-0.1, -0.05) is 0 Å². The van der Waals surface area contributed by atoms with Crippen molar-refractivity contribution in [1.82, 2.24) is 4.90 Å². The zero-order valence-electron chi connectivity index (χ0n) is 11.9. The van der Waals surface area contributed by atoms with Gasteiger partial charge in [-0.3, -0.25) is 4.79 Å². The highest BCUT2D eigenvalue weighted by molar-refractivity contribution is 5.83. The lowest BCUT2D eigenvalue weighted by Crippen LogP contribution is -2.39. The van der Waals surface area contributed by atoms with E-state index in [1.807, 2.05) is 19.1 Å². The largest absolute Gasteiger partial charge is 0.479 e. The molecule has 1 aromatic heterocycles. The molecule has 0 saturated carbocycles. The molecule has 2 saturated heterocycles. The molecule has 0 bridgehead atoms. The average Bonchev–Trinajstić information content (AvgIpc) is 3.17. The van der Waals surface area contributed by atoms with Crippen LogP contribution >= 0.6 is 0 Å². The highest BCUT2D eigenvalue weighted by Gasteiger charge is 2.41. The molecule has 1 aromatic rings. The second kappa shape index (κ2) is 5.52. The zero-order chi connectivity index (χ0) is 15.0. The maximum absolute atomic E-state index is 12.6. The number of aryl methyl sites for hydroxylation is 1. The van der Waals surface area contributed by atoms with Crippen molar-refractivity contribution in [3.05, 3.63) is 23.7 Å². The second-order valence-corrected chi connectivity index (χ2v) is 5.67. The number of furan rings is 1. The molecule has 1 amide bonds. The number of nitrogens with zero attached hydrogens (tertiary/aromatic N) is 1. The van der Waals surface area contributed by atoms with E-state index in [9.17, 15) is 9.59 Å². The van der Waals surface area contributed by atoms with E-state index in [0.717, 1.165) is 24.4 Å². The van der Waals surface area contributed by atoms with E-state index in [1.54, 1.807) is 4.90 Å². The first-order valence-corrected chi connectivity index (χ1v) is 7.31. The maximum Gasteiger partial charge on any atom is 0.332 e. The predicted molar refractivity (Wildman–Crippen MR) is 72.7 cm³/mol. The van der Waals surface area contributed by atoms with Gasteiger partial charge < -0.3 is 19.2 Å². The van der Waals surface area contributed by atoms with Gasteiger partial charge in [0.25, 0.3) is 5.91 Å². The summed E-state index contributed by atoms with van der Waals surface area (Å²) in [6.07, 6.45) is 1.16. The molecule has 0 aliphatic carbocycles. The van der Waals surface area contributed by atoms with Crippen LogP contribution in [-0.2, 0) is 14.3 Å². The molecule has 21 heavy (non-hydrogen) atoms. The van der Waals surface area contributed by atoms with Gasteiger partial charge in [0, 0.05) is 6.54 Å². The van der Waals surface area contributed by atoms with Gasteiger partial charge in [-0.25, -0.2) is 4.79 Å². The van der Waals surface area contributed by atoms with Gasteiger partial charge in [-0.05, 0) is 44.7 Å². The summed E-state index contributed by atoms with van der Waals surface area (Å²) in [5, 5.41) is 8.95. The monoisotopic (exact) mass is 293 g/mol. The third kappa shape index (κ3) is 2.68. The van der Waals surface area contributed by atoms with Crippen molar-refractivity contribution >= 4 is 11.9 Å². The van der Waals surface area contributed by atoms with E-state index >= 15 is 0 Å². The Labute approximate surface area is 122 Å². The number of amides is 1. The standard InChI is InChI=1S/C15H19NO5/c1-9-4-5-11(20-9)10-3-2-8-16(10)14(17)12-6-7-13(21-12)15(18)19/h4-5,10,12-13H,2-3,6-8H2,1H3,(H,18,19)/t10?,12-,13+/m0/s1. The Balaban J connectivity index is 1.71. The lowest BCUT2D eigenvalue weighted by molar-refractivity contribution is -0.155. The molecule has 1 N–H and O–H groups in total. The molecule has 1 unspecified atom stereocenters. The van der Waals surface area contributed by atoms with Gasteiger partial charge in [-0.15, -0.1) is 0 Å². The number of carboxylic acids is 1. The van der Waals surface area contributed by atoms with Crippen molar-refractivity contribution in [2.75, 3.05) is 6.54 Å².